The Balaban J connectivity index is 1.40. The molecule has 1 N–H and O–H groups in total. The molecule has 1 aliphatic carbocycles. The van der Waals surface area contributed by atoms with Gasteiger partial charge in [-0.05, 0) is 48.8 Å². The first-order valence-electron chi connectivity index (χ1n) is 9.44. The zero-order valence-corrected chi connectivity index (χ0v) is 15.4. The lowest BCUT2D eigenvalue weighted by Crippen LogP contribution is -2.67. The van der Waals surface area contributed by atoms with E-state index in [1.54, 1.807) is 14.2 Å². The van der Waals surface area contributed by atoms with Gasteiger partial charge in [-0.25, -0.2) is 0 Å². The Morgan fingerprint density at radius 1 is 1.08 bits per heavy atom. The Labute approximate surface area is 150 Å². The molecule has 138 valence electrons. The van der Waals surface area contributed by atoms with E-state index in [1.807, 2.05) is 6.07 Å². The molecule has 2 heterocycles. The van der Waals surface area contributed by atoms with Crippen molar-refractivity contribution in [2.24, 2.45) is 11.8 Å². The Hall–Kier alpha value is -1.30. The van der Waals surface area contributed by atoms with Gasteiger partial charge in [0.2, 0.25) is 0 Å². The summed E-state index contributed by atoms with van der Waals surface area (Å²) in [5.74, 6) is 3.06. The van der Waals surface area contributed by atoms with Crippen LogP contribution in [0.1, 0.15) is 24.8 Å². The van der Waals surface area contributed by atoms with Crippen LogP contribution in [0.25, 0.3) is 0 Å². The summed E-state index contributed by atoms with van der Waals surface area (Å²) in [6, 6.07) is 6.11. The van der Waals surface area contributed by atoms with Crippen molar-refractivity contribution in [3.05, 3.63) is 23.8 Å². The fourth-order valence-electron chi connectivity index (χ4n) is 4.68. The van der Waals surface area contributed by atoms with Crippen LogP contribution in [0.4, 0.5) is 0 Å². The molecule has 5 heteroatoms. The minimum atomic E-state index is 0.305. The first-order valence-corrected chi connectivity index (χ1v) is 9.44. The van der Waals surface area contributed by atoms with Gasteiger partial charge in [0.05, 0.1) is 14.2 Å². The van der Waals surface area contributed by atoms with Crippen LogP contribution < -0.4 is 9.47 Å². The third-order valence-corrected chi connectivity index (χ3v) is 6.11. The van der Waals surface area contributed by atoms with E-state index < -0.39 is 0 Å². The predicted octanol–water partition coefficient (Wildman–Crippen LogP) is 1.98. The number of hydrogen-bond acceptors (Lipinski definition) is 5. The smallest absolute Gasteiger partial charge is 0.122 e. The number of rotatable bonds is 7. The van der Waals surface area contributed by atoms with Gasteiger partial charge in [-0.2, -0.15) is 0 Å². The molecular formula is C20H30N2O3. The molecule has 25 heavy (non-hydrogen) atoms. The molecule has 3 fully saturated rings. The second-order valence-electron chi connectivity index (χ2n) is 8.19. The van der Waals surface area contributed by atoms with Crippen LogP contribution >= 0.6 is 0 Å². The van der Waals surface area contributed by atoms with Crippen LogP contribution in [0, 0.1) is 11.8 Å². The summed E-state index contributed by atoms with van der Waals surface area (Å²) < 4.78 is 10.8. The van der Waals surface area contributed by atoms with E-state index in [0.717, 1.165) is 50.0 Å². The highest BCUT2D eigenvalue weighted by atomic mass is 16.5. The molecule has 1 aromatic rings. The van der Waals surface area contributed by atoms with Crippen molar-refractivity contribution in [2.45, 2.75) is 31.3 Å². The molecule has 0 bridgehead atoms. The molecule has 3 aliphatic rings. The molecule has 1 aromatic carbocycles. The van der Waals surface area contributed by atoms with Crippen LogP contribution in [0.15, 0.2) is 18.2 Å². The second-order valence-corrected chi connectivity index (χ2v) is 8.19. The van der Waals surface area contributed by atoms with Crippen LogP contribution in [0.3, 0.4) is 0 Å². The van der Waals surface area contributed by atoms with Gasteiger partial charge in [0.25, 0.3) is 0 Å². The Morgan fingerprint density at radius 3 is 2.32 bits per heavy atom. The fraction of sp³-hybridized carbons (Fsp3) is 0.700. The number of ether oxygens (including phenoxy) is 2. The van der Waals surface area contributed by atoms with Gasteiger partial charge in [0.1, 0.15) is 11.5 Å². The quantitative estimate of drug-likeness (QED) is 0.818. The number of methoxy groups -OCH3 is 2. The largest absolute Gasteiger partial charge is 0.497 e. The Morgan fingerprint density at radius 2 is 1.76 bits per heavy atom. The summed E-state index contributed by atoms with van der Waals surface area (Å²) in [6.45, 7) is 5.78. The van der Waals surface area contributed by atoms with Crippen LogP contribution in [-0.2, 0) is 6.54 Å². The number of aliphatic hydroxyl groups is 1. The maximum absolute atomic E-state index is 9.63. The minimum absolute atomic E-state index is 0.305. The van der Waals surface area contributed by atoms with Crippen LogP contribution in [-0.4, -0.2) is 67.5 Å². The van der Waals surface area contributed by atoms with Crippen molar-refractivity contribution in [2.75, 3.05) is 47.0 Å². The van der Waals surface area contributed by atoms with Gasteiger partial charge in [0.15, 0.2) is 0 Å². The molecule has 0 amide bonds. The Bertz CT molecular complexity index is 589. The van der Waals surface area contributed by atoms with E-state index in [2.05, 4.69) is 21.9 Å². The first kappa shape index (κ1) is 17.1. The highest BCUT2D eigenvalue weighted by Crippen LogP contribution is 2.43. The van der Waals surface area contributed by atoms with Crippen LogP contribution in [0.2, 0.25) is 0 Å². The van der Waals surface area contributed by atoms with Gasteiger partial charge in [-0.3, -0.25) is 9.80 Å². The standard InChI is InChI=1S/C20H30N2O3/c1-24-18-5-16(6-19(7-18)25-2)9-21-13-20(14-21)8-17(12-23)11-22(20)10-15-3-4-15/h5-7,15,17,23H,3-4,8-14H2,1-2H3/t17-/m1/s1. The van der Waals surface area contributed by atoms with Crippen molar-refractivity contribution in [3.63, 3.8) is 0 Å². The van der Waals surface area contributed by atoms with Crippen molar-refractivity contribution in [3.8, 4) is 11.5 Å². The molecule has 0 aromatic heterocycles. The number of benzene rings is 1. The summed E-state index contributed by atoms with van der Waals surface area (Å²) in [5.41, 5.74) is 1.54. The number of likely N-dealkylation sites (tertiary alicyclic amines) is 2. The molecule has 4 rings (SSSR count). The lowest BCUT2D eigenvalue weighted by molar-refractivity contribution is -0.0364. The first-order chi connectivity index (χ1) is 12.1. The van der Waals surface area contributed by atoms with E-state index in [9.17, 15) is 5.11 Å². The van der Waals surface area contributed by atoms with Gasteiger partial charge in [0, 0.05) is 50.9 Å². The van der Waals surface area contributed by atoms with Crippen molar-refractivity contribution in [1.29, 1.82) is 0 Å². The zero-order valence-electron chi connectivity index (χ0n) is 15.4. The fourth-order valence-corrected chi connectivity index (χ4v) is 4.68. The highest BCUT2D eigenvalue weighted by molar-refractivity contribution is 5.38. The number of aliphatic hydroxyl groups excluding tert-OH is 1. The normalized spacial score (nSPS) is 26.0. The molecule has 5 nitrogen and oxygen atoms in total. The van der Waals surface area contributed by atoms with Gasteiger partial charge < -0.3 is 14.6 Å². The van der Waals surface area contributed by atoms with Gasteiger partial charge >= 0.3 is 0 Å². The van der Waals surface area contributed by atoms with Crippen molar-refractivity contribution < 1.29 is 14.6 Å². The third kappa shape index (κ3) is 3.50. The molecule has 0 radical (unpaired) electrons. The second kappa shape index (κ2) is 6.78. The summed E-state index contributed by atoms with van der Waals surface area (Å²) in [6.07, 6.45) is 3.93. The summed E-state index contributed by atoms with van der Waals surface area (Å²) >= 11 is 0. The van der Waals surface area contributed by atoms with Crippen molar-refractivity contribution >= 4 is 0 Å². The molecule has 1 atom stereocenters. The topological polar surface area (TPSA) is 45.2 Å². The van der Waals surface area contributed by atoms with E-state index in [-0.39, 0.29) is 0 Å². The summed E-state index contributed by atoms with van der Waals surface area (Å²) in [4.78, 5) is 5.20. The number of hydrogen-bond donors (Lipinski definition) is 1. The molecular weight excluding hydrogens is 316 g/mol. The lowest BCUT2D eigenvalue weighted by Gasteiger charge is -2.53. The van der Waals surface area contributed by atoms with Gasteiger partial charge in [-0.15, -0.1) is 0 Å². The highest BCUT2D eigenvalue weighted by Gasteiger charge is 2.53. The average molecular weight is 346 g/mol. The number of nitrogens with zero attached hydrogens (tertiary/aromatic N) is 2. The van der Waals surface area contributed by atoms with E-state index >= 15 is 0 Å². The SMILES string of the molecule is COc1cc(CN2CC3(C[C@@H](CO)CN3CC3CC3)C2)cc(OC)c1. The predicted molar refractivity (Wildman–Crippen MR) is 97.0 cm³/mol. The molecule has 1 saturated carbocycles. The molecule has 0 unspecified atom stereocenters. The Kier molecular flexibility index (Phi) is 4.65. The van der Waals surface area contributed by atoms with E-state index in [1.165, 1.54) is 24.9 Å². The monoisotopic (exact) mass is 346 g/mol. The lowest BCUT2D eigenvalue weighted by atomic mass is 9.84. The van der Waals surface area contributed by atoms with Crippen LogP contribution in [0.5, 0.6) is 11.5 Å². The minimum Gasteiger partial charge on any atom is -0.497 e. The van der Waals surface area contributed by atoms with Gasteiger partial charge in [-0.1, -0.05) is 0 Å². The molecule has 2 aliphatic heterocycles. The summed E-state index contributed by atoms with van der Waals surface area (Å²) in [5, 5.41) is 9.63. The zero-order chi connectivity index (χ0) is 17.4. The van der Waals surface area contributed by atoms with Crippen molar-refractivity contribution in [1.82, 2.24) is 9.80 Å². The molecule has 1 spiro atoms. The molecule has 2 saturated heterocycles. The maximum Gasteiger partial charge on any atom is 0.122 e. The summed E-state index contributed by atoms with van der Waals surface area (Å²) in [7, 11) is 3.39. The average Bonchev–Trinajstić information content (AvgIpc) is 3.34. The van der Waals surface area contributed by atoms with E-state index in [4.69, 9.17) is 9.47 Å². The third-order valence-electron chi connectivity index (χ3n) is 6.11. The van der Waals surface area contributed by atoms with E-state index in [0.29, 0.717) is 18.1 Å². The maximum atomic E-state index is 9.63.